The minimum atomic E-state index is -0.968. The molecule has 0 saturated carbocycles. The van der Waals surface area contributed by atoms with Gasteiger partial charge in [0.05, 0.1) is 12.2 Å². The second kappa shape index (κ2) is 7.19. The molecule has 0 bridgehead atoms. The van der Waals surface area contributed by atoms with E-state index in [0.29, 0.717) is 6.54 Å². The van der Waals surface area contributed by atoms with Crippen molar-refractivity contribution in [2.75, 3.05) is 11.4 Å². The van der Waals surface area contributed by atoms with E-state index in [1.807, 2.05) is 30.3 Å². The van der Waals surface area contributed by atoms with Crippen LogP contribution in [0.15, 0.2) is 48.8 Å². The highest BCUT2D eigenvalue weighted by Crippen LogP contribution is 2.14. The maximum atomic E-state index is 10.5. The smallest absolute Gasteiger partial charge is 0.328 e. The number of hydrogen-bond donors (Lipinski definition) is 1. The number of carbonyl (C=O) groups is 1. The molecule has 0 fully saturated rings. The molecule has 0 unspecified atom stereocenters. The average Bonchev–Trinajstić information content (AvgIpc) is 2.52. The van der Waals surface area contributed by atoms with Crippen LogP contribution in [0.1, 0.15) is 18.2 Å². The van der Waals surface area contributed by atoms with Crippen molar-refractivity contribution in [3.05, 3.63) is 60.1 Å². The van der Waals surface area contributed by atoms with Crippen LogP contribution in [-0.2, 0) is 11.3 Å². The van der Waals surface area contributed by atoms with Gasteiger partial charge in [-0.3, -0.25) is 4.98 Å². The van der Waals surface area contributed by atoms with Crippen LogP contribution in [-0.4, -0.2) is 27.6 Å². The Balaban J connectivity index is 2.10. The van der Waals surface area contributed by atoms with Gasteiger partial charge in [-0.15, -0.1) is 0 Å². The summed E-state index contributed by atoms with van der Waals surface area (Å²) in [5.41, 5.74) is 1.74. The molecule has 0 atom stereocenters. The van der Waals surface area contributed by atoms with Crippen LogP contribution in [0.3, 0.4) is 0 Å². The average molecular weight is 283 g/mol. The summed E-state index contributed by atoms with van der Waals surface area (Å²) in [6, 6.07) is 9.56. The van der Waals surface area contributed by atoms with Gasteiger partial charge in [0.1, 0.15) is 5.82 Å². The van der Waals surface area contributed by atoms with Crippen LogP contribution in [0, 0.1) is 0 Å². The lowest BCUT2D eigenvalue weighted by Gasteiger charge is -2.21. The van der Waals surface area contributed by atoms with E-state index in [0.717, 1.165) is 29.7 Å². The number of aromatic nitrogens is 2. The van der Waals surface area contributed by atoms with E-state index in [1.165, 1.54) is 6.08 Å². The van der Waals surface area contributed by atoms with Crippen molar-refractivity contribution in [3.8, 4) is 0 Å². The number of anilines is 1. The Bertz CT molecular complexity index is 609. The predicted molar refractivity (Wildman–Crippen MR) is 81.9 cm³/mol. The fraction of sp³-hybridized carbons (Fsp3) is 0.188. The van der Waals surface area contributed by atoms with Gasteiger partial charge in [-0.2, -0.15) is 0 Å². The summed E-state index contributed by atoms with van der Waals surface area (Å²) in [6.07, 6.45) is 6.06. The third kappa shape index (κ3) is 4.42. The number of carboxylic acid groups (broad SMARTS) is 1. The lowest BCUT2D eigenvalue weighted by molar-refractivity contribution is -0.131. The summed E-state index contributed by atoms with van der Waals surface area (Å²) in [7, 11) is 0. The zero-order valence-corrected chi connectivity index (χ0v) is 11.8. The van der Waals surface area contributed by atoms with Gasteiger partial charge in [-0.25, -0.2) is 9.78 Å². The lowest BCUT2D eigenvalue weighted by Crippen LogP contribution is -2.23. The molecule has 5 nitrogen and oxygen atoms in total. The number of carboxylic acids is 1. The second-order valence-electron chi connectivity index (χ2n) is 4.46. The van der Waals surface area contributed by atoms with Crippen LogP contribution in [0.25, 0.3) is 6.08 Å². The van der Waals surface area contributed by atoms with Crippen LogP contribution >= 0.6 is 0 Å². The van der Waals surface area contributed by atoms with Crippen LogP contribution in [0.4, 0.5) is 5.82 Å². The lowest BCUT2D eigenvalue weighted by atomic mass is 10.2. The minimum absolute atomic E-state index is 0.689. The molecule has 0 amide bonds. The molecule has 108 valence electrons. The molecule has 0 aliphatic carbocycles. The second-order valence-corrected chi connectivity index (χ2v) is 4.46. The quantitative estimate of drug-likeness (QED) is 0.825. The Morgan fingerprint density at radius 2 is 2.14 bits per heavy atom. The first-order valence-corrected chi connectivity index (χ1v) is 6.71. The third-order valence-corrected chi connectivity index (χ3v) is 2.97. The Morgan fingerprint density at radius 1 is 1.29 bits per heavy atom. The molecule has 2 aromatic heterocycles. The van der Waals surface area contributed by atoms with Crippen LogP contribution in [0.5, 0.6) is 0 Å². The predicted octanol–water partition coefficient (Wildman–Crippen LogP) is 2.60. The van der Waals surface area contributed by atoms with E-state index >= 15 is 0 Å². The van der Waals surface area contributed by atoms with Crippen molar-refractivity contribution in [1.29, 1.82) is 0 Å². The summed E-state index contributed by atoms with van der Waals surface area (Å²) in [5, 5.41) is 8.60. The van der Waals surface area contributed by atoms with Gasteiger partial charge in [0.25, 0.3) is 0 Å². The molecule has 0 aliphatic heterocycles. The van der Waals surface area contributed by atoms with Gasteiger partial charge in [0, 0.05) is 25.0 Å². The van der Waals surface area contributed by atoms with E-state index in [4.69, 9.17) is 5.11 Å². The third-order valence-electron chi connectivity index (χ3n) is 2.97. The van der Waals surface area contributed by atoms with Gasteiger partial charge in [0.2, 0.25) is 0 Å². The first kappa shape index (κ1) is 14.7. The Morgan fingerprint density at radius 3 is 2.71 bits per heavy atom. The Labute approximate surface area is 123 Å². The zero-order chi connectivity index (χ0) is 15.1. The SMILES string of the molecule is CCN(Cc1ccccn1)c1ccc(/C=C/C(=O)O)cn1. The standard InChI is InChI=1S/C16H17N3O2/c1-2-19(12-14-5-3-4-10-17-14)15-8-6-13(11-18-15)7-9-16(20)21/h3-11H,2,12H2,1H3,(H,20,21)/b9-7+. The van der Waals surface area contributed by atoms with Gasteiger partial charge in [0.15, 0.2) is 0 Å². The molecule has 0 spiro atoms. The van der Waals surface area contributed by atoms with Crippen molar-refractivity contribution in [1.82, 2.24) is 9.97 Å². The normalized spacial score (nSPS) is 10.7. The van der Waals surface area contributed by atoms with Gasteiger partial charge in [-0.05, 0) is 42.8 Å². The summed E-state index contributed by atoms with van der Waals surface area (Å²) in [4.78, 5) is 21.3. The van der Waals surface area contributed by atoms with E-state index in [1.54, 1.807) is 12.4 Å². The van der Waals surface area contributed by atoms with Crippen molar-refractivity contribution < 1.29 is 9.90 Å². The Hall–Kier alpha value is -2.69. The number of nitrogens with zero attached hydrogens (tertiary/aromatic N) is 3. The fourth-order valence-corrected chi connectivity index (χ4v) is 1.89. The summed E-state index contributed by atoms with van der Waals surface area (Å²) >= 11 is 0. The molecule has 0 radical (unpaired) electrons. The molecule has 1 N–H and O–H groups in total. The molecule has 21 heavy (non-hydrogen) atoms. The van der Waals surface area contributed by atoms with E-state index in [-0.39, 0.29) is 0 Å². The highest BCUT2D eigenvalue weighted by molar-refractivity contribution is 5.85. The Kier molecular flexibility index (Phi) is 5.04. The number of pyridine rings is 2. The zero-order valence-electron chi connectivity index (χ0n) is 11.8. The fourth-order valence-electron chi connectivity index (χ4n) is 1.89. The van der Waals surface area contributed by atoms with Gasteiger partial charge >= 0.3 is 5.97 Å². The number of hydrogen-bond acceptors (Lipinski definition) is 4. The van der Waals surface area contributed by atoms with E-state index < -0.39 is 5.97 Å². The molecule has 2 aromatic rings. The molecular weight excluding hydrogens is 266 g/mol. The molecule has 0 saturated heterocycles. The maximum Gasteiger partial charge on any atom is 0.328 e. The van der Waals surface area contributed by atoms with Gasteiger partial charge < -0.3 is 10.0 Å². The number of rotatable bonds is 6. The molecular formula is C16H17N3O2. The monoisotopic (exact) mass is 283 g/mol. The van der Waals surface area contributed by atoms with E-state index in [2.05, 4.69) is 21.8 Å². The summed E-state index contributed by atoms with van der Waals surface area (Å²) in [6.45, 7) is 3.56. The molecule has 2 rings (SSSR count). The largest absolute Gasteiger partial charge is 0.478 e. The van der Waals surface area contributed by atoms with Crippen molar-refractivity contribution in [2.45, 2.75) is 13.5 Å². The van der Waals surface area contributed by atoms with Crippen LogP contribution < -0.4 is 4.90 Å². The number of aliphatic carboxylic acids is 1. The van der Waals surface area contributed by atoms with Crippen molar-refractivity contribution in [2.24, 2.45) is 0 Å². The van der Waals surface area contributed by atoms with Crippen molar-refractivity contribution >= 4 is 17.9 Å². The highest BCUT2D eigenvalue weighted by atomic mass is 16.4. The first-order chi connectivity index (χ1) is 10.2. The maximum absolute atomic E-state index is 10.5. The van der Waals surface area contributed by atoms with Gasteiger partial charge in [-0.1, -0.05) is 6.07 Å². The van der Waals surface area contributed by atoms with E-state index in [9.17, 15) is 4.79 Å². The van der Waals surface area contributed by atoms with Crippen LogP contribution in [0.2, 0.25) is 0 Å². The molecule has 0 aromatic carbocycles. The molecule has 2 heterocycles. The topological polar surface area (TPSA) is 66.3 Å². The highest BCUT2D eigenvalue weighted by Gasteiger charge is 2.07. The summed E-state index contributed by atoms with van der Waals surface area (Å²) in [5.74, 6) is -0.125. The minimum Gasteiger partial charge on any atom is -0.478 e. The summed E-state index contributed by atoms with van der Waals surface area (Å²) < 4.78 is 0. The molecule has 5 heteroatoms. The molecule has 0 aliphatic rings. The first-order valence-electron chi connectivity index (χ1n) is 6.71. The van der Waals surface area contributed by atoms with Crippen molar-refractivity contribution in [3.63, 3.8) is 0 Å².